The maximum atomic E-state index is 5.79. The van der Waals surface area contributed by atoms with E-state index in [0.29, 0.717) is 0 Å². The quantitative estimate of drug-likeness (QED) is 0.0672. The standard InChI is InChI=1S/C40H83NO2.ClH/c1-3-5-7-9-11-13-15-17-19-21-23-25-27-29-31-33-37-42-39-35-41-36-40-43-38-34-32-30-28-26-24-22-20-18-16-14-12-10-8-6-4-2;/h41H,3-40H2,1-2H3;1H. The van der Waals surface area contributed by atoms with Crippen molar-refractivity contribution in [2.24, 2.45) is 0 Å². The Labute approximate surface area is 285 Å². The van der Waals surface area contributed by atoms with Crippen molar-refractivity contribution in [3.8, 4) is 0 Å². The van der Waals surface area contributed by atoms with Gasteiger partial charge in [0.25, 0.3) is 0 Å². The van der Waals surface area contributed by atoms with Gasteiger partial charge in [-0.3, -0.25) is 0 Å². The molecule has 0 unspecified atom stereocenters. The molecule has 0 radical (unpaired) electrons. The number of hydrogen-bond donors (Lipinski definition) is 1. The molecule has 0 saturated carbocycles. The maximum Gasteiger partial charge on any atom is 0.0590 e. The molecular weight excluding hydrogens is 562 g/mol. The molecule has 268 valence electrons. The molecule has 0 heterocycles. The van der Waals surface area contributed by atoms with Gasteiger partial charge in [-0.15, -0.1) is 12.4 Å². The van der Waals surface area contributed by atoms with E-state index in [4.69, 9.17) is 9.47 Å². The molecule has 3 nitrogen and oxygen atoms in total. The smallest absolute Gasteiger partial charge is 0.0590 e. The van der Waals surface area contributed by atoms with Crippen LogP contribution in [-0.4, -0.2) is 39.5 Å². The normalized spacial score (nSPS) is 11.3. The highest BCUT2D eigenvalue weighted by Crippen LogP contribution is 2.15. The lowest BCUT2D eigenvalue weighted by Gasteiger charge is -2.07. The predicted octanol–water partition coefficient (Wildman–Crippen LogP) is 13.6. The summed E-state index contributed by atoms with van der Waals surface area (Å²) in [6.45, 7) is 10.0. The Kier molecular flexibility index (Phi) is 47.6. The lowest BCUT2D eigenvalue weighted by atomic mass is 10.0. The monoisotopic (exact) mass is 646 g/mol. The van der Waals surface area contributed by atoms with E-state index in [-0.39, 0.29) is 12.4 Å². The number of ether oxygens (including phenoxy) is 2. The van der Waals surface area contributed by atoms with Gasteiger partial charge in [0.1, 0.15) is 0 Å². The molecule has 0 aromatic rings. The largest absolute Gasteiger partial charge is 0.380 e. The summed E-state index contributed by atoms with van der Waals surface area (Å²) < 4.78 is 11.6. The fourth-order valence-corrected chi connectivity index (χ4v) is 6.12. The van der Waals surface area contributed by atoms with Gasteiger partial charge in [0.05, 0.1) is 13.2 Å². The second-order valence-electron chi connectivity index (χ2n) is 13.6. The van der Waals surface area contributed by atoms with Crippen LogP contribution in [0.25, 0.3) is 0 Å². The van der Waals surface area contributed by atoms with Crippen molar-refractivity contribution in [2.75, 3.05) is 39.5 Å². The highest BCUT2D eigenvalue weighted by Gasteiger charge is 1.97. The van der Waals surface area contributed by atoms with Crippen LogP contribution >= 0.6 is 12.4 Å². The molecule has 0 aromatic heterocycles. The average molecular weight is 647 g/mol. The van der Waals surface area contributed by atoms with Crippen molar-refractivity contribution < 1.29 is 9.47 Å². The zero-order valence-electron chi connectivity index (χ0n) is 30.6. The molecule has 0 aliphatic carbocycles. The third-order valence-corrected chi connectivity index (χ3v) is 9.13. The summed E-state index contributed by atoms with van der Waals surface area (Å²) in [5.74, 6) is 0. The van der Waals surface area contributed by atoms with Gasteiger partial charge in [-0.1, -0.05) is 206 Å². The molecule has 0 spiro atoms. The highest BCUT2D eigenvalue weighted by molar-refractivity contribution is 5.85. The second-order valence-corrected chi connectivity index (χ2v) is 13.6. The number of hydrogen-bond acceptors (Lipinski definition) is 3. The Morgan fingerprint density at radius 3 is 0.705 bits per heavy atom. The third-order valence-electron chi connectivity index (χ3n) is 9.13. The molecule has 0 aliphatic heterocycles. The Balaban J connectivity index is 0. The van der Waals surface area contributed by atoms with E-state index in [1.807, 2.05) is 0 Å². The summed E-state index contributed by atoms with van der Waals surface area (Å²) >= 11 is 0. The fraction of sp³-hybridized carbons (Fsp3) is 1.00. The summed E-state index contributed by atoms with van der Waals surface area (Å²) in [5, 5.41) is 3.45. The van der Waals surface area contributed by atoms with E-state index < -0.39 is 0 Å². The van der Waals surface area contributed by atoms with Crippen LogP contribution in [0, 0.1) is 0 Å². The van der Waals surface area contributed by atoms with E-state index in [1.54, 1.807) is 0 Å². The van der Waals surface area contributed by atoms with Gasteiger partial charge in [-0.2, -0.15) is 0 Å². The first kappa shape index (κ1) is 46.3. The van der Waals surface area contributed by atoms with Crippen LogP contribution in [0.15, 0.2) is 0 Å². The molecule has 4 heteroatoms. The molecule has 0 saturated heterocycles. The van der Waals surface area contributed by atoms with Crippen molar-refractivity contribution in [1.82, 2.24) is 5.32 Å². The topological polar surface area (TPSA) is 30.5 Å². The van der Waals surface area contributed by atoms with E-state index in [1.165, 1.54) is 205 Å². The lowest BCUT2D eigenvalue weighted by Crippen LogP contribution is -2.24. The van der Waals surface area contributed by atoms with Crippen LogP contribution in [0.5, 0.6) is 0 Å². The third kappa shape index (κ3) is 44.3. The second kappa shape index (κ2) is 45.3. The molecule has 0 amide bonds. The Morgan fingerprint density at radius 2 is 0.477 bits per heavy atom. The number of unbranched alkanes of at least 4 members (excludes halogenated alkanes) is 30. The summed E-state index contributed by atoms with van der Waals surface area (Å²) in [4.78, 5) is 0. The summed E-state index contributed by atoms with van der Waals surface area (Å²) in [6, 6.07) is 0. The SMILES string of the molecule is CCCCCCCCCCCCCCCCCCOCCNCCOCCCCCCCCCCCCCCCCCC.Cl. The molecule has 0 aliphatic rings. The van der Waals surface area contributed by atoms with E-state index in [0.717, 1.165) is 39.5 Å². The zero-order valence-corrected chi connectivity index (χ0v) is 31.4. The zero-order chi connectivity index (χ0) is 31.0. The Morgan fingerprint density at radius 1 is 0.273 bits per heavy atom. The maximum absolute atomic E-state index is 5.79. The van der Waals surface area contributed by atoms with Crippen LogP contribution in [0.2, 0.25) is 0 Å². The summed E-state index contributed by atoms with van der Waals surface area (Å²) in [6.07, 6.45) is 45.5. The van der Waals surface area contributed by atoms with Gasteiger partial charge in [0.2, 0.25) is 0 Å². The lowest BCUT2D eigenvalue weighted by molar-refractivity contribution is 0.117. The van der Waals surface area contributed by atoms with E-state index >= 15 is 0 Å². The van der Waals surface area contributed by atoms with Crippen molar-refractivity contribution in [3.63, 3.8) is 0 Å². The first-order valence-electron chi connectivity index (χ1n) is 20.3. The van der Waals surface area contributed by atoms with Crippen LogP contribution in [0.1, 0.15) is 219 Å². The van der Waals surface area contributed by atoms with Crippen molar-refractivity contribution in [3.05, 3.63) is 0 Å². The van der Waals surface area contributed by atoms with E-state index in [9.17, 15) is 0 Å². The molecule has 1 N–H and O–H groups in total. The first-order valence-corrected chi connectivity index (χ1v) is 20.3. The summed E-state index contributed by atoms with van der Waals surface area (Å²) in [5.41, 5.74) is 0. The van der Waals surface area contributed by atoms with Crippen molar-refractivity contribution >= 4 is 12.4 Å². The van der Waals surface area contributed by atoms with Gasteiger partial charge >= 0.3 is 0 Å². The Bertz CT molecular complexity index is 425. The van der Waals surface area contributed by atoms with Gasteiger partial charge in [-0.25, -0.2) is 0 Å². The molecule has 44 heavy (non-hydrogen) atoms. The van der Waals surface area contributed by atoms with Gasteiger partial charge in [-0.05, 0) is 12.8 Å². The van der Waals surface area contributed by atoms with Crippen LogP contribution in [0.3, 0.4) is 0 Å². The van der Waals surface area contributed by atoms with Gasteiger partial charge in [0, 0.05) is 26.3 Å². The minimum atomic E-state index is 0. The molecular formula is C40H84ClNO2. The molecule has 0 bridgehead atoms. The minimum Gasteiger partial charge on any atom is -0.380 e. The minimum absolute atomic E-state index is 0. The van der Waals surface area contributed by atoms with E-state index in [2.05, 4.69) is 19.2 Å². The molecule has 0 atom stereocenters. The van der Waals surface area contributed by atoms with Crippen LogP contribution in [0.4, 0.5) is 0 Å². The van der Waals surface area contributed by atoms with Crippen molar-refractivity contribution in [1.29, 1.82) is 0 Å². The predicted molar refractivity (Wildman–Crippen MR) is 201 cm³/mol. The molecule has 0 rings (SSSR count). The number of rotatable bonds is 40. The highest BCUT2D eigenvalue weighted by atomic mass is 35.5. The van der Waals surface area contributed by atoms with Crippen LogP contribution in [-0.2, 0) is 9.47 Å². The Hall–Kier alpha value is 0.170. The average Bonchev–Trinajstić information content (AvgIpc) is 3.02. The van der Waals surface area contributed by atoms with Gasteiger partial charge < -0.3 is 14.8 Å². The number of nitrogens with one attached hydrogen (secondary N) is 1. The van der Waals surface area contributed by atoms with Gasteiger partial charge in [0.15, 0.2) is 0 Å². The molecule has 0 aromatic carbocycles. The van der Waals surface area contributed by atoms with Crippen molar-refractivity contribution in [2.45, 2.75) is 219 Å². The first-order chi connectivity index (χ1) is 21.4. The summed E-state index contributed by atoms with van der Waals surface area (Å²) in [7, 11) is 0. The van der Waals surface area contributed by atoms with Crippen LogP contribution < -0.4 is 5.32 Å². The molecule has 0 fully saturated rings. The fourth-order valence-electron chi connectivity index (χ4n) is 6.12. The number of halogens is 1.